The van der Waals surface area contributed by atoms with E-state index in [2.05, 4.69) is 33.9 Å². The molecule has 1 aromatic heterocycles. The van der Waals surface area contributed by atoms with Gasteiger partial charge in [0.25, 0.3) is 0 Å². The van der Waals surface area contributed by atoms with Gasteiger partial charge in [0.05, 0.1) is 6.54 Å². The second kappa shape index (κ2) is 8.61. The molecule has 1 amide bonds. The van der Waals surface area contributed by atoms with Crippen LogP contribution in [-0.2, 0) is 24.3 Å². The number of nitrogens with zero attached hydrogens (tertiary/aromatic N) is 4. The topological polar surface area (TPSA) is 65.1 Å². The number of aryl methyl sites for hydroxylation is 1. The number of aromatic nitrogens is 3. The molecular formula is C20H28FN5O. The summed E-state index contributed by atoms with van der Waals surface area (Å²) in [6.07, 6.45) is 1.27. The average Bonchev–Trinajstić information content (AvgIpc) is 3.04. The first-order valence-electron chi connectivity index (χ1n) is 9.62. The quantitative estimate of drug-likeness (QED) is 0.846. The molecule has 2 heterocycles. The fraction of sp³-hybridized carbons (Fsp3) is 0.550. The van der Waals surface area contributed by atoms with Gasteiger partial charge in [0.2, 0.25) is 5.91 Å². The van der Waals surface area contributed by atoms with Crippen LogP contribution < -0.4 is 0 Å². The normalized spacial score (nSPS) is 18.9. The molecule has 1 unspecified atom stereocenters. The van der Waals surface area contributed by atoms with Gasteiger partial charge in [-0.25, -0.2) is 9.37 Å². The first-order valence-corrected chi connectivity index (χ1v) is 9.62. The Morgan fingerprint density at radius 2 is 2.00 bits per heavy atom. The minimum atomic E-state index is -0.258. The fourth-order valence-corrected chi connectivity index (χ4v) is 3.52. The predicted molar refractivity (Wildman–Crippen MR) is 101 cm³/mol. The highest BCUT2D eigenvalue weighted by molar-refractivity contribution is 5.77. The third-order valence-electron chi connectivity index (χ3n) is 5.11. The van der Waals surface area contributed by atoms with Gasteiger partial charge in [0.15, 0.2) is 0 Å². The standard InChI is InChI=1S/C20H28FN5O/c1-4-18-22-19(24-23-18)13-25-10-9-20(27)26(17(12-25)14(2)3)11-15-5-7-16(21)8-6-15/h5-8,14,17H,4,9-13H2,1-3H3,(H,22,23,24). The zero-order valence-corrected chi connectivity index (χ0v) is 16.3. The second-order valence-electron chi connectivity index (χ2n) is 7.50. The van der Waals surface area contributed by atoms with Crippen molar-refractivity contribution in [3.8, 4) is 0 Å². The van der Waals surface area contributed by atoms with Crippen LogP contribution in [-0.4, -0.2) is 50.0 Å². The number of amides is 1. The number of nitrogens with one attached hydrogen (secondary N) is 1. The van der Waals surface area contributed by atoms with Crippen molar-refractivity contribution in [2.75, 3.05) is 13.1 Å². The van der Waals surface area contributed by atoms with Gasteiger partial charge in [-0.3, -0.25) is 14.8 Å². The molecule has 1 saturated heterocycles. The van der Waals surface area contributed by atoms with E-state index in [0.29, 0.717) is 32.0 Å². The molecule has 27 heavy (non-hydrogen) atoms. The number of hydrogen-bond donors (Lipinski definition) is 1. The van der Waals surface area contributed by atoms with Gasteiger partial charge in [-0.15, -0.1) is 0 Å². The fourth-order valence-electron chi connectivity index (χ4n) is 3.52. The predicted octanol–water partition coefficient (Wildman–Crippen LogP) is 2.77. The molecule has 0 spiro atoms. The summed E-state index contributed by atoms with van der Waals surface area (Å²) < 4.78 is 13.2. The van der Waals surface area contributed by atoms with E-state index >= 15 is 0 Å². The maximum atomic E-state index is 13.2. The Morgan fingerprint density at radius 1 is 1.26 bits per heavy atom. The molecule has 7 heteroatoms. The molecule has 1 aliphatic heterocycles. The van der Waals surface area contributed by atoms with Crippen LogP contribution in [0.25, 0.3) is 0 Å². The molecule has 146 valence electrons. The molecule has 0 radical (unpaired) electrons. The van der Waals surface area contributed by atoms with Crippen molar-refractivity contribution < 1.29 is 9.18 Å². The lowest BCUT2D eigenvalue weighted by Gasteiger charge is -2.34. The second-order valence-corrected chi connectivity index (χ2v) is 7.50. The molecule has 2 aromatic rings. The van der Waals surface area contributed by atoms with Crippen molar-refractivity contribution in [2.24, 2.45) is 5.92 Å². The Labute approximate surface area is 159 Å². The number of carbonyl (C=O) groups is 1. The summed E-state index contributed by atoms with van der Waals surface area (Å²) in [4.78, 5) is 21.6. The lowest BCUT2D eigenvalue weighted by molar-refractivity contribution is -0.134. The summed E-state index contributed by atoms with van der Waals surface area (Å²) in [6, 6.07) is 6.50. The van der Waals surface area contributed by atoms with Gasteiger partial charge in [0, 0.05) is 38.5 Å². The van der Waals surface area contributed by atoms with E-state index in [1.165, 1.54) is 12.1 Å². The van der Waals surface area contributed by atoms with Crippen LogP contribution in [0.2, 0.25) is 0 Å². The summed E-state index contributed by atoms with van der Waals surface area (Å²) in [7, 11) is 0. The Hall–Kier alpha value is -2.28. The highest BCUT2D eigenvalue weighted by Gasteiger charge is 2.32. The van der Waals surface area contributed by atoms with Crippen LogP contribution in [0.3, 0.4) is 0 Å². The summed E-state index contributed by atoms with van der Waals surface area (Å²) in [5, 5.41) is 7.20. The Balaban J connectivity index is 1.74. The minimum absolute atomic E-state index is 0.0959. The molecule has 0 aliphatic carbocycles. The van der Waals surface area contributed by atoms with E-state index in [1.54, 1.807) is 12.1 Å². The van der Waals surface area contributed by atoms with Gasteiger partial charge < -0.3 is 4.90 Å². The maximum Gasteiger partial charge on any atom is 0.224 e. The highest BCUT2D eigenvalue weighted by atomic mass is 19.1. The first-order chi connectivity index (χ1) is 13.0. The van der Waals surface area contributed by atoms with E-state index in [0.717, 1.165) is 30.2 Å². The van der Waals surface area contributed by atoms with E-state index in [4.69, 9.17) is 0 Å². The van der Waals surface area contributed by atoms with E-state index in [1.807, 2.05) is 11.8 Å². The Morgan fingerprint density at radius 3 is 2.63 bits per heavy atom. The molecule has 1 fully saturated rings. The summed E-state index contributed by atoms with van der Waals surface area (Å²) >= 11 is 0. The molecule has 1 aromatic carbocycles. The smallest absolute Gasteiger partial charge is 0.224 e. The average molecular weight is 373 g/mol. The number of halogens is 1. The summed E-state index contributed by atoms with van der Waals surface area (Å²) in [5.41, 5.74) is 0.951. The van der Waals surface area contributed by atoms with Crippen LogP contribution in [0.1, 0.15) is 44.4 Å². The van der Waals surface area contributed by atoms with Gasteiger partial charge in [-0.05, 0) is 23.6 Å². The van der Waals surface area contributed by atoms with Gasteiger partial charge in [-0.1, -0.05) is 32.9 Å². The van der Waals surface area contributed by atoms with Crippen molar-refractivity contribution in [1.82, 2.24) is 25.0 Å². The molecule has 0 bridgehead atoms. The molecule has 1 aliphatic rings. The van der Waals surface area contributed by atoms with Gasteiger partial charge >= 0.3 is 0 Å². The SMILES string of the molecule is CCc1n[nH]c(CN2CCC(=O)N(Cc3ccc(F)cc3)C(C(C)C)C2)n1. The number of hydrogen-bond acceptors (Lipinski definition) is 4. The molecule has 1 N–H and O–H groups in total. The largest absolute Gasteiger partial charge is 0.334 e. The molecule has 3 rings (SSSR count). The zero-order valence-electron chi connectivity index (χ0n) is 16.3. The van der Waals surface area contributed by atoms with Crippen LogP contribution in [0.4, 0.5) is 4.39 Å². The maximum absolute atomic E-state index is 13.2. The summed E-state index contributed by atoms with van der Waals surface area (Å²) in [6.45, 7) is 8.97. The van der Waals surface area contributed by atoms with Crippen molar-refractivity contribution in [3.05, 3.63) is 47.3 Å². The summed E-state index contributed by atoms with van der Waals surface area (Å²) in [5.74, 6) is 1.86. The van der Waals surface area contributed by atoms with Crippen LogP contribution in [0, 0.1) is 11.7 Å². The van der Waals surface area contributed by atoms with Crippen molar-refractivity contribution in [2.45, 2.75) is 52.7 Å². The van der Waals surface area contributed by atoms with Crippen molar-refractivity contribution in [3.63, 3.8) is 0 Å². The van der Waals surface area contributed by atoms with Gasteiger partial charge in [0.1, 0.15) is 17.5 Å². The lowest BCUT2D eigenvalue weighted by atomic mass is 10.0. The van der Waals surface area contributed by atoms with E-state index in [-0.39, 0.29) is 17.8 Å². The highest BCUT2D eigenvalue weighted by Crippen LogP contribution is 2.22. The molecule has 1 atom stereocenters. The van der Waals surface area contributed by atoms with Crippen LogP contribution >= 0.6 is 0 Å². The monoisotopic (exact) mass is 373 g/mol. The van der Waals surface area contributed by atoms with Crippen LogP contribution in [0.5, 0.6) is 0 Å². The van der Waals surface area contributed by atoms with Gasteiger partial charge in [-0.2, -0.15) is 5.10 Å². The Kier molecular flexibility index (Phi) is 6.21. The van der Waals surface area contributed by atoms with Crippen molar-refractivity contribution in [1.29, 1.82) is 0 Å². The number of carbonyl (C=O) groups excluding carboxylic acids is 1. The molecular weight excluding hydrogens is 345 g/mol. The zero-order chi connectivity index (χ0) is 19.4. The van der Waals surface area contributed by atoms with E-state index in [9.17, 15) is 9.18 Å². The lowest BCUT2D eigenvalue weighted by Crippen LogP contribution is -2.45. The number of rotatable bonds is 6. The third kappa shape index (κ3) is 4.91. The number of aromatic amines is 1. The van der Waals surface area contributed by atoms with Crippen LogP contribution in [0.15, 0.2) is 24.3 Å². The van der Waals surface area contributed by atoms with Crippen molar-refractivity contribution >= 4 is 5.91 Å². The Bertz CT molecular complexity index is 758. The number of benzene rings is 1. The molecule has 6 nitrogen and oxygen atoms in total. The third-order valence-corrected chi connectivity index (χ3v) is 5.11. The first kappa shape index (κ1) is 19.5. The number of H-pyrrole nitrogens is 1. The molecule has 0 saturated carbocycles. The van der Waals surface area contributed by atoms with E-state index < -0.39 is 0 Å². The minimum Gasteiger partial charge on any atom is -0.334 e.